The van der Waals surface area contributed by atoms with E-state index in [-0.39, 0.29) is 6.42 Å². The number of aryl methyl sites for hydroxylation is 1. The predicted molar refractivity (Wildman–Crippen MR) is 111 cm³/mol. The van der Waals surface area contributed by atoms with Crippen LogP contribution < -0.4 is 4.74 Å². The van der Waals surface area contributed by atoms with Crippen molar-refractivity contribution >= 4 is 28.3 Å². The number of carbonyl (C=O) groups is 1. The van der Waals surface area contributed by atoms with Gasteiger partial charge in [0.05, 0.1) is 22.5 Å². The maximum absolute atomic E-state index is 10.5. The fraction of sp³-hybridized carbons (Fsp3) is 0.429. The molecule has 28 heavy (non-hydrogen) atoms. The molecule has 3 aromatic rings. The second-order valence-electron chi connectivity index (χ2n) is 6.61. The van der Waals surface area contributed by atoms with Crippen LogP contribution >= 0.6 is 11.3 Å². The van der Waals surface area contributed by atoms with E-state index in [1.807, 2.05) is 24.3 Å². The third kappa shape index (κ3) is 5.33. The molecule has 7 heteroatoms. The summed E-state index contributed by atoms with van der Waals surface area (Å²) in [4.78, 5) is 16.5. The van der Waals surface area contributed by atoms with Gasteiger partial charge in [-0.3, -0.25) is 4.79 Å². The Morgan fingerprint density at radius 1 is 1.18 bits per heavy atom. The number of imidazole rings is 1. The molecule has 3 rings (SSSR count). The Morgan fingerprint density at radius 3 is 2.82 bits per heavy atom. The van der Waals surface area contributed by atoms with Gasteiger partial charge in [-0.2, -0.15) is 0 Å². The quantitative estimate of drug-likeness (QED) is 0.440. The minimum Gasteiger partial charge on any atom is -0.494 e. The van der Waals surface area contributed by atoms with Gasteiger partial charge < -0.3 is 19.1 Å². The highest BCUT2D eigenvalue weighted by atomic mass is 32.1. The van der Waals surface area contributed by atoms with Crippen LogP contribution in [0.5, 0.6) is 5.75 Å². The average molecular weight is 403 g/mol. The zero-order valence-corrected chi connectivity index (χ0v) is 16.9. The first kappa shape index (κ1) is 20.4. The summed E-state index contributed by atoms with van der Waals surface area (Å²) in [5, 5.41) is 10.7. The van der Waals surface area contributed by atoms with Crippen LogP contribution in [0.3, 0.4) is 0 Å². The molecule has 150 valence electrons. The van der Waals surface area contributed by atoms with Gasteiger partial charge in [0.1, 0.15) is 5.75 Å². The molecule has 2 heterocycles. The van der Waals surface area contributed by atoms with Crippen molar-refractivity contribution in [2.24, 2.45) is 0 Å². The van der Waals surface area contributed by atoms with Crippen LogP contribution in [0, 0.1) is 0 Å². The Hall–Kier alpha value is -2.38. The van der Waals surface area contributed by atoms with Crippen LogP contribution in [0.25, 0.3) is 21.7 Å². The molecule has 0 aliphatic rings. The lowest BCUT2D eigenvalue weighted by Gasteiger charge is -2.10. The molecule has 0 aliphatic heterocycles. The minimum atomic E-state index is -0.741. The summed E-state index contributed by atoms with van der Waals surface area (Å²) < 4.78 is 13.3. The number of methoxy groups -OCH3 is 1. The molecule has 0 atom stereocenters. The van der Waals surface area contributed by atoms with Crippen molar-refractivity contribution in [3.05, 3.63) is 35.7 Å². The van der Waals surface area contributed by atoms with Gasteiger partial charge in [-0.25, -0.2) is 4.98 Å². The zero-order valence-electron chi connectivity index (χ0n) is 16.1. The van der Waals surface area contributed by atoms with Crippen LogP contribution in [0.2, 0.25) is 0 Å². The molecule has 0 spiro atoms. The standard InChI is InChI=1S/C21H26N2O4S/c1-26-12-6-11-23-18-15-16(27-13-4-2-3-8-20(24)25)9-10-17(18)22-21(23)19-7-5-14-28-19/h5,7,9-10,14-15H,2-4,6,8,11-13H2,1H3,(H,24,25). The number of carboxylic acid groups (broad SMARTS) is 1. The SMILES string of the molecule is COCCCn1c(-c2cccs2)nc2ccc(OCCCCCC(=O)O)cc21. The van der Waals surface area contributed by atoms with Crippen molar-refractivity contribution in [2.45, 2.75) is 38.6 Å². The van der Waals surface area contributed by atoms with Crippen LogP contribution in [-0.4, -0.2) is 41.0 Å². The highest BCUT2D eigenvalue weighted by molar-refractivity contribution is 7.13. The van der Waals surface area contributed by atoms with Crippen LogP contribution in [-0.2, 0) is 16.1 Å². The maximum atomic E-state index is 10.5. The Bertz CT molecular complexity index is 889. The molecule has 0 bridgehead atoms. The van der Waals surface area contributed by atoms with E-state index in [0.29, 0.717) is 19.6 Å². The molecule has 6 nitrogen and oxygen atoms in total. The molecule has 0 aliphatic carbocycles. The second-order valence-corrected chi connectivity index (χ2v) is 7.56. The predicted octanol–water partition coefficient (Wildman–Crippen LogP) is 4.83. The zero-order chi connectivity index (χ0) is 19.8. The molecule has 1 aromatic carbocycles. The number of hydrogen-bond acceptors (Lipinski definition) is 5. The van der Waals surface area contributed by atoms with Crippen molar-refractivity contribution < 1.29 is 19.4 Å². The smallest absolute Gasteiger partial charge is 0.303 e. The Labute approximate surface area is 168 Å². The van der Waals surface area contributed by atoms with Crippen LogP contribution in [0.15, 0.2) is 35.7 Å². The minimum absolute atomic E-state index is 0.220. The summed E-state index contributed by atoms with van der Waals surface area (Å²) in [5.41, 5.74) is 2.01. The summed E-state index contributed by atoms with van der Waals surface area (Å²) in [6, 6.07) is 10.1. The van der Waals surface area contributed by atoms with Gasteiger partial charge in [0, 0.05) is 32.7 Å². The maximum Gasteiger partial charge on any atom is 0.303 e. The lowest BCUT2D eigenvalue weighted by Crippen LogP contribution is -2.03. The first-order valence-corrected chi connectivity index (χ1v) is 10.4. The molecular formula is C21H26N2O4S. The monoisotopic (exact) mass is 402 g/mol. The number of aromatic nitrogens is 2. The van der Waals surface area contributed by atoms with E-state index in [4.69, 9.17) is 19.6 Å². The van der Waals surface area contributed by atoms with Gasteiger partial charge in [0.25, 0.3) is 0 Å². The number of thiophene rings is 1. The van der Waals surface area contributed by atoms with Gasteiger partial charge in [0.2, 0.25) is 0 Å². The fourth-order valence-corrected chi connectivity index (χ4v) is 3.85. The van der Waals surface area contributed by atoms with Gasteiger partial charge in [-0.1, -0.05) is 6.07 Å². The van der Waals surface area contributed by atoms with Crippen molar-refractivity contribution in [1.82, 2.24) is 9.55 Å². The van der Waals surface area contributed by atoms with Gasteiger partial charge in [0.15, 0.2) is 5.82 Å². The van der Waals surface area contributed by atoms with E-state index in [2.05, 4.69) is 16.0 Å². The Morgan fingerprint density at radius 2 is 2.07 bits per heavy atom. The van der Waals surface area contributed by atoms with Crippen molar-refractivity contribution in [1.29, 1.82) is 0 Å². The molecule has 2 aromatic heterocycles. The van der Waals surface area contributed by atoms with E-state index >= 15 is 0 Å². The number of hydrogen-bond donors (Lipinski definition) is 1. The van der Waals surface area contributed by atoms with Gasteiger partial charge >= 0.3 is 5.97 Å². The number of benzene rings is 1. The highest BCUT2D eigenvalue weighted by Crippen LogP contribution is 2.30. The van der Waals surface area contributed by atoms with Crippen molar-refractivity contribution in [2.75, 3.05) is 20.3 Å². The number of fused-ring (bicyclic) bond motifs is 1. The van der Waals surface area contributed by atoms with E-state index in [1.165, 1.54) is 0 Å². The summed E-state index contributed by atoms with van der Waals surface area (Å²) >= 11 is 1.68. The first-order chi connectivity index (χ1) is 13.7. The van der Waals surface area contributed by atoms with E-state index in [9.17, 15) is 4.79 Å². The third-order valence-electron chi connectivity index (χ3n) is 4.50. The fourth-order valence-electron chi connectivity index (χ4n) is 3.12. The lowest BCUT2D eigenvalue weighted by molar-refractivity contribution is -0.137. The highest BCUT2D eigenvalue weighted by Gasteiger charge is 2.14. The lowest BCUT2D eigenvalue weighted by atomic mass is 10.2. The van der Waals surface area contributed by atoms with Gasteiger partial charge in [-0.15, -0.1) is 11.3 Å². The average Bonchev–Trinajstić information content (AvgIpc) is 3.32. The molecule has 0 amide bonds. The summed E-state index contributed by atoms with van der Waals surface area (Å²) in [5.74, 6) is 1.05. The Balaban J connectivity index is 1.72. The number of unbranched alkanes of at least 4 members (excludes halogenated alkanes) is 2. The molecule has 1 N–H and O–H groups in total. The summed E-state index contributed by atoms with van der Waals surface area (Å²) in [7, 11) is 1.72. The molecule has 0 radical (unpaired) electrons. The summed E-state index contributed by atoms with van der Waals surface area (Å²) in [6.45, 7) is 2.12. The second kappa shape index (κ2) is 10.2. The van der Waals surface area contributed by atoms with Crippen LogP contribution in [0.4, 0.5) is 0 Å². The number of ether oxygens (including phenoxy) is 2. The number of carboxylic acids is 1. The number of nitrogens with zero attached hydrogens (tertiary/aromatic N) is 2. The number of rotatable bonds is 12. The Kier molecular flexibility index (Phi) is 7.45. The van der Waals surface area contributed by atoms with Gasteiger partial charge in [-0.05, 0) is 49.3 Å². The normalized spacial score (nSPS) is 11.2. The van der Waals surface area contributed by atoms with E-state index < -0.39 is 5.97 Å². The molecule has 0 unspecified atom stereocenters. The molecular weight excluding hydrogens is 376 g/mol. The third-order valence-corrected chi connectivity index (χ3v) is 5.36. The van der Waals surface area contributed by atoms with Crippen molar-refractivity contribution in [3.63, 3.8) is 0 Å². The first-order valence-electron chi connectivity index (χ1n) is 9.56. The van der Waals surface area contributed by atoms with Crippen LogP contribution in [0.1, 0.15) is 32.1 Å². The largest absolute Gasteiger partial charge is 0.494 e. The summed E-state index contributed by atoms with van der Waals surface area (Å²) in [6.07, 6.45) is 3.52. The molecule has 0 saturated carbocycles. The molecule has 0 saturated heterocycles. The van der Waals surface area contributed by atoms with Crippen molar-refractivity contribution in [3.8, 4) is 16.5 Å². The molecule has 0 fully saturated rings. The van der Waals surface area contributed by atoms with E-state index in [1.54, 1.807) is 18.4 Å². The topological polar surface area (TPSA) is 73.6 Å². The number of aliphatic carboxylic acids is 1. The van der Waals surface area contributed by atoms with E-state index in [0.717, 1.165) is 53.3 Å².